The number of nitrogens with zero attached hydrogens (tertiary/aromatic N) is 4. The standard InChI is InChI=1S/C22H23N7/c1-13-4-6-16(7-5-13)21-19(17-8-9-20(23)24-10-17)12-26-22(27-21)25-11-18-14(2)28-29-15(18)3/h4-10,12H,11H2,1-3H3,(H2,23,24)(H,28,29)(H,25,26,27). The first-order valence-corrected chi connectivity index (χ1v) is 9.41. The van der Waals surface area contributed by atoms with Crippen LogP contribution in [0.1, 0.15) is 22.5 Å². The Morgan fingerprint density at radius 2 is 1.69 bits per heavy atom. The van der Waals surface area contributed by atoms with Crippen molar-refractivity contribution in [3.05, 3.63) is 71.3 Å². The molecule has 0 bridgehead atoms. The lowest BCUT2D eigenvalue weighted by Crippen LogP contribution is -2.06. The molecule has 0 radical (unpaired) electrons. The van der Waals surface area contributed by atoms with E-state index in [0.29, 0.717) is 18.3 Å². The highest BCUT2D eigenvalue weighted by Gasteiger charge is 2.13. The van der Waals surface area contributed by atoms with Crippen molar-refractivity contribution in [2.24, 2.45) is 0 Å². The number of nitrogens with one attached hydrogen (secondary N) is 2. The number of aromatic amines is 1. The number of aromatic nitrogens is 5. The molecular weight excluding hydrogens is 362 g/mol. The van der Waals surface area contributed by atoms with Crippen LogP contribution < -0.4 is 11.1 Å². The number of aryl methyl sites for hydroxylation is 3. The molecular formula is C22H23N7. The smallest absolute Gasteiger partial charge is 0.223 e. The molecule has 0 unspecified atom stereocenters. The van der Waals surface area contributed by atoms with Crippen LogP contribution in [0.2, 0.25) is 0 Å². The van der Waals surface area contributed by atoms with Gasteiger partial charge in [-0.3, -0.25) is 5.10 Å². The van der Waals surface area contributed by atoms with Gasteiger partial charge in [-0.15, -0.1) is 0 Å². The zero-order valence-electron chi connectivity index (χ0n) is 16.7. The maximum atomic E-state index is 5.74. The molecule has 0 saturated carbocycles. The summed E-state index contributed by atoms with van der Waals surface area (Å²) in [4.78, 5) is 13.6. The maximum Gasteiger partial charge on any atom is 0.223 e. The summed E-state index contributed by atoms with van der Waals surface area (Å²) < 4.78 is 0. The average molecular weight is 385 g/mol. The van der Waals surface area contributed by atoms with E-state index in [9.17, 15) is 0 Å². The van der Waals surface area contributed by atoms with Crippen LogP contribution in [0, 0.1) is 20.8 Å². The number of benzene rings is 1. The van der Waals surface area contributed by atoms with Crippen molar-refractivity contribution in [1.29, 1.82) is 0 Å². The van der Waals surface area contributed by atoms with Crippen molar-refractivity contribution in [3.63, 3.8) is 0 Å². The van der Waals surface area contributed by atoms with E-state index in [2.05, 4.69) is 56.7 Å². The minimum Gasteiger partial charge on any atom is -0.384 e. The number of nitrogen functional groups attached to an aromatic ring is 1. The molecule has 0 aliphatic carbocycles. The van der Waals surface area contributed by atoms with E-state index in [0.717, 1.165) is 39.3 Å². The Labute approximate surface area is 169 Å². The van der Waals surface area contributed by atoms with Crippen LogP contribution in [0.3, 0.4) is 0 Å². The van der Waals surface area contributed by atoms with Gasteiger partial charge in [0.15, 0.2) is 0 Å². The van der Waals surface area contributed by atoms with Crippen molar-refractivity contribution in [3.8, 4) is 22.4 Å². The fourth-order valence-electron chi connectivity index (χ4n) is 3.18. The summed E-state index contributed by atoms with van der Waals surface area (Å²) in [6.07, 6.45) is 3.57. The predicted octanol–water partition coefficient (Wildman–Crippen LogP) is 4.05. The van der Waals surface area contributed by atoms with Crippen molar-refractivity contribution in [2.45, 2.75) is 27.3 Å². The summed E-state index contributed by atoms with van der Waals surface area (Å²) in [5, 5.41) is 10.6. The Bertz CT molecular complexity index is 1110. The molecule has 1 aromatic carbocycles. The first kappa shape index (κ1) is 18.6. The fourth-order valence-corrected chi connectivity index (χ4v) is 3.18. The van der Waals surface area contributed by atoms with Crippen molar-refractivity contribution < 1.29 is 0 Å². The van der Waals surface area contributed by atoms with Gasteiger partial charge in [0.05, 0.1) is 11.4 Å². The lowest BCUT2D eigenvalue weighted by molar-refractivity contribution is 1.02. The molecule has 0 atom stereocenters. The Hall–Kier alpha value is -3.74. The highest BCUT2D eigenvalue weighted by Crippen LogP contribution is 2.31. The lowest BCUT2D eigenvalue weighted by atomic mass is 10.0. The summed E-state index contributed by atoms with van der Waals surface area (Å²) in [5.74, 6) is 1.04. The zero-order chi connectivity index (χ0) is 20.4. The van der Waals surface area contributed by atoms with Gasteiger partial charge in [-0.2, -0.15) is 5.10 Å². The number of rotatable bonds is 5. The van der Waals surface area contributed by atoms with Crippen LogP contribution in [0.15, 0.2) is 48.8 Å². The van der Waals surface area contributed by atoms with E-state index in [1.54, 1.807) is 12.3 Å². The summed E-state index contributed by atoms with van der Waals surface area (Å²) in [7, 11) is 0. The fraction of sp³-hybridized carbons (Fsp3) is 0.182. The normalized spacial score (nSPS) is 10.9. The number of H-pyrrole nitrogens is 1. The predicted molar refractivity (Wildman–Crippen MR) is 115 cm³/mol. The minimum atomic E-state index is 0.482. The van der Waals surface area contributed by atoms with E-state index in [1.807, 2.05) is 26.1 Å². The molecule has 0 spiro atoms. The van der Waals surface area contributed by atoms with Crippen molar-refractivity contribution >= 4 is 11.8 Å². The number of hydrogen-bond acceptors (Lipinski definition) is 6. The largest absolute Gasteiger partial charge is 0.384 e. The molecule has 146 valence electrons. The number of anilines is 2. The Morgan fingerprint density at radius 3 is 2.34 bits per heavy atom. The van der Waals surface area contributed by atoms with Crippen molar-refractivity contribution in [2.75, 3.05) is 11.1 Å². The second-order valence-electron chi connectivity index (χ2n) is 7.06. The summed E-state index contributed by atoms with van der Waals surface area (Å²) in [6, 6.07) is 12.0. The van der Waals surface area contributed by atoms with Gasteiger partial charge in [0.1, 0.15) is 5.82 Å². The summed E-state index contributed by atoms with van der Waals surface area (Å²) in [5.41, 5.74) is 13.8. The van der Waals surface area contributed by atoms with Gasteiger partial charge in [-0.25, -0.2) is 15.0 Å². The highest BCUT2D eigenvalue weighted by molar-refractivity contribution is 5.80. The molecule has 0 amide bonds. The van der Waals surface area contributed by atoms with E-state index in [1.165, 1.54) is 5.56 Å². The number of hydrogen-bond donors (Lipinski definition) is 3. The zero-order valence-corrected chi connectivity index (χ0v) is 16.7. The van der Waals surface area contributed by atoms with E-state index < -0.39 is 0 Å². The second kappa shape index (κ2) is 7.71. The SMILES string of the molecule is Cc1ccc(-c2nc(NCc3c(C)n[nH]c3C)ncc2-c2ccc(N)nc2)cc1. The first-order chi connectivity index (χ1) is 14.0. The highest BCUT2D eigenvalue weighted by atomic mass is 15.1. The molecule has 3 heterocycles. The Balaban J connectivity index is 1.72. The molecule has 29 heavy (non-hydrogen) atoms. The van der Waals surface area contributed by atoms with Crippen LogP contribution in [0.4, 0.5) is 11.8 Å². The topological polar surface area (TPSA) is 105 Å². The molecule has 4 rings (SSSR count). The van der Waals surface area contributed by atoms with E-state index >= 15 is 0 Å². The quantitative estimate of drug-likeness (QED) is 0.479. The molecule has 0 fully saturated rings. The number of pyridine rings is 1. The molecule has 4 N–H and O–H groups in total. The average Bonchev–Trinajstić information content (AvgIpc) is 3.05. The summed E-state index contributed by atoms with van der Waals surface area (Å²) >= 11 is 0. The molecule has 7 heteroatoms. The monoisotopic (exact) mass is 385 g/mol. The van der Waals surface area contributed by atoms with Crippen LogP contribution in [0.5, 0.6) is 0 Å². The molecule has 4 aromatic rings. The minimum absolute atomic E-state index is 0.482. The Morgan fingerprint density at radius 1 is 0.931 bits per heavy atom. The third kappa shape index (κ3) is 3.94. The molecule has 3 aromatic heterocycles. The van der Waals surface area contributed by atoms with Gasteiger partial charge in [0.2, 0.25) is 5.95 Å². The Kier molecular flexibility index (Phi) is 4.95. The first-order valence-electron chi connectivity index (χ1n) is 9.41. The van der Waals surface area contributed by atoms with Gasteiger partial charge < -0.3 is 11.1 Å². The lowest BCUT2D eigenvalue weighted by Gasteiger charge is -2.12. The van der Waals surface area contributed by atoms with Gasteiger partial charge >= 0.3 is 0 Å². The van der Waals surface area contributed by atoms with Crippen LogP contribution in [-0.2, 0) is 6.54 Å². The van der Waals surface area contributed by atoms with Gasteiger partial charge in [0, 0.05) is 46.9 Å². The third-order valence-corrected chi connectivity index (χ3v) is 4.92. The van der Waals surface area contributed by atoms with Gasteiger partial charge in [0.25, 0.3) is 0 Å². The maximum absolute atomic E-state index is 5.74. The molecule has 7 nitrogen and oxygen atoms in total. The van der Waals surface area contributed by atoms with E-state index in [-0.39, 0.29) is 0 Å². The van der Waals surface area contributed by atoms with Gasteiger partial charge in [-0.05, 0) is 32.9 Å². The van der Waals surface area contributed by atoms with Crippen LogP contribution in [0.25, 0.3) is 22.4 Å². The molecule has 0 aliphatic rings. The third-order valence-electron chi connectivity index (χ3n) is 4.92. The molecule has 0 aliphatic heterocycles. The number of nitrogens with two attached hydrogens (primary N) is 1. The van der Waals surface area contributed by atoms with Gasteiger partial charge in [-0.1, -0.05) is 29.8 Å². The molecule has 0 saturated heterocycles. The summed E-state index contributed by atoms with van der Waals surface area (Å²) in [6.45, 7) is 6.66. The van der Waals surface area contributed by atoms with E-state index in [4.69, 9.17) is 10.7 Å². The van der Waals surface area contributed by atoms with Crippen LogP contribution in [-0.4, -0.2) is 25.1 Å². The van der Waals surface area contributed by atoms with Crippen LogP contribution >= 0.6 is 0 Å². The van der Waals surface area contributed by atoms with Crippen molar-refractivity contribution in [1.82, 2.24) is 25.1 Å². The second-order valence-corrected chi connectivity index (χ2v) is 7.06.